The van der Waals surface area contributed by atoms with Gasteiger partial charge in [-0.25, -0.2) is 9.97 Å². The van der Waals surface area contributed by atoms with Crippen LogP contribution in [0.5, 0.6) is 5.75 Å². The third-order valence-corrected chi connectivity index (χ3v) is 17.4. The van der Waals surface area contributed by atoms with E-state index in [1.807, 2.05) is 67.5 Å². The summed E-state index contributed by atoms with van der Waals surface area (Å²) in [6.45, 7) is 19.0. The highest BCUT2D eigenvalue weighted by molar-refractivity contribution is 7.97. The average Bonchev–Trinajstić information content (AvgIpc) is 4.39. The number of para-hydroxylation sites is 1. The summed E-state index contributed by atoms with van der Waals surface area (Å²) in [6, 6.07) is 18.5. The number of hydrogen-bond acceptors (Lipinski definition) is 15. The van der Waals surface area contributed by atoms with Gasteiger partial charge in [-0.3, -0.25) is 28.6 Å². The van der Waals surface area contributed by atoms with Crippen molar-refractivity contribution in [2.24, 2.45) is 34.3 Å². The molecule has 2 bridgehead atoms. The Kier molecular flexibility index (Phi) is 21.0. The molecule has 20 heteroatoms. The molecule has 18 nitrogen and oxygen atoms in total. The van der Waals surface area contributed by atoms with Gasteiger partial charge in [-0.2, -0.15) is 5.10 Å². The molecule has 1 aliphatic heterocycles. The minimum Gasteiger partial charge on any atom is -0.508 e. The molecule has 4 aromatic heterocycles. The number of terminal acetylenes is 1. The predicted octanol–water partition coefficient (Wildman–Crippen LogP) is 10.6. The van der Waals surface area contributed by atoms with Crippen LogP contribution in [0.25, 0.3) is 21.3 Å². The number of phenols is 1. The Morgan fingerprint density at radius 1 is 1.00 bits per heavy atom. The van der Waals surface area contributed by atoms with E-state index in [1.165, 1.54) is 43.7 Å². The molecular formula is C61H80N12O6S2. The standard InChI is InChI=1S/C40H50N10O2S2.C11H11NO2.C10H19NO2/c1-24-19-35(46-47-37(24)45-39-43-31-11-8-9-12-32(31)54-39)49(5)34-17-16-29(36(44-34)38(52)48-53-18-10-6-7-13-33(41)51)30-22-42-50(26(30)3)23-40(4)20-27-14-15-28(21-40)25(27)2;1-3-9-4-5-10(11(14)6-9)8(2)12-7-13;1-10(2,3)6-9(13)11-5-4-8(12)7-11/h8-9,11-12,16-17,19,22,25,27-28H,6-7,10,13-15,18,20-21,23H2,1-5H3,(H2,41,51)(H,48,52)(H,43,45,47);1,4-8,14H,2H3,(H,12,13);8,12H,4-7H2,1-3H3/t;8-;/m.0./s1. The van der Waals surface area contributed by atoms with Gasteiger partial charge in [-0.05, 0) is 142 Å². The Bertz CT molecular complexity index is 3160. The van der Waals surface area contributed by atoms with E-state index in [9.17, 15) is 29.4 Å². The number of hydrogen-bond donors (Lipinski definition) is 6. The Labute approximate surface area is 485 Å². The number of fused-ring (bicyclic) bond motifs is 3. The molecule has 7 N–H and O–H groups in total. The molecule has 81 heavy (non-hydrogen) atoms. The first kappa shape index (κ1) is 61.5. The zero-order valence-corrected chi connectivity index (χ0v) is 49.9. The molecule has 4 atom stereocenters. The van der Waals surface area contributed by atoms with Gasteiger partial charge in [0.25, 0.3) is 5.91 Å². The van der Waals surface area contributed by atoms with Crippen LogP contribution in [-0.4, -0.2) is 101 Å². The Morgan fingerprint density at radius 3 is 2.38 bits per heavy atom. The van der Waals surface area contributed by atoms with Gasteiger partial charge >= 0.3 is 0 Å². The monoisotopic (exact) mass is 1140 g/mol. The van der Waals surface area contributed by atoms with Crippen molar-refractivity contribution in [3.8, 4) is 29.2 Å². The molecule has 9 rings (SSSR count). The summed E-state index contributed by atoms with van der Waals surface area (Å²) in [4.78, 5) is 60.0. The molecule has 5 heterocycles. The molecule has 2 aromatic carbocycles. The number of amides is 4. The number of primary amides is 1. The zero-order chi connectivity index (χ0) is 58.6. The number of thiazole rings is 1. The van der Waals surface area contributed by atoms with Crippen molar-refractivity contribution >= 4 is 80.2 Å². The van der Waals surface area contributed by atoms with E-state index in [4.69, 9.17) is 22.2 Å². The summed E-state index contributed by atoms with van der Waals surface area (Å²) in [6.07, 6.45) is 16.6. The fourth-order valence-corrected chi connectivity index (χ4v) is 12.6. The molecule has 6 aromatic rings. The van der Waals surface area contributed by atoms with Crippen LogP contribution in [0.1, 0.15) is 145 Å². The van der Waals surface area contributed by atoms with Crippen LogP contribution in [0.4, 0.5) is 22.6 Å². The third-order valence-electron chi connectivity index (χ3n) is 15.6. The number of carbonyl (C=O) groups is 4. The predicted molar refractivity (Wildman–Crippen MR) is 323 cm³/mol. The molecule has 0 radical (unpaired) electrons. The summed E-state index contributed by atoms with van der Waals surface area (Å²) in [5.41, 5.74) is 11.6. The van der Waals surface area contributed by atoms with Gasteiger partial charge in [0.1, 0.15) is 17.3 Å². The number of likely N-dealkylation sites (tertiary alicyclic amines) is 1. The minimum absolute atomic E-state index is 0.0463. The van der Waals surface area contributed by atoms with Crippen LogP contribution in [0, 0.1) is 54.8 Å². The number of benzene rings is 2. The molecule has 2 aliphatic carbocycles. The topological polar surface area (TPSA) is 247 Å². The summed E-state index contributed by atoms with van der Waals surface area (Å²) in [5.74, 6) is 7.02. The van der Waals surface area contributed by atoms with E-state index in [0.717, 1.165) is 94.3 Å². The average molecular weight is 1140 g/mol. The number of carbonyl (C=O) groups excluding carboxylic acids is 4. The van der Waals surface area contributed by atoms with Gasteiger partial charge in [0, 0.05) is 73.2 Å². The van der Waals surface area contributed by atoms with E-state index >= 15 is 0 Å². The largest absolute Gasteiger partial charge is 0.508 e. The van der Waals surface area contributed by atoms with Crippen LogP contribution in [0.2, 0.25) is 0 Å². The first-order chi connectivity index (χ1) is 38.5. The lowest BCUT2D eigenvalue weighted by Crippen LogP contribution is -2.35. The first-order valence-corrected chi connectivity index (χ1v) is 29.8. The molecule has 3 unspecified atom stereocenters. The van der Waals surface area contributed by atoms with E-state index < -0.39 is 0 Å². The van der Waals surface area contributed by atoms with Crippen LogP contribution in [0.3, 0.4) is 0 Å². The van der Waals surface area contributed by atoms with Crippen LogP contribution in [-0.2, 0) is 20.9 Å². The number of aromatic hydroxyl groups is 1. The van der Waals surface area contributed by atoms with E-state index in [0.29, 0.717) is 65.8 Å². The van der Waals surface area contributed by atoms with Crippen LogP contribution < -0.4 is 26.0 Å². The number of phenolic OH excluding ortho intramolecular Hbond substituents is 1. The molecule has 2 saturated carbocycles. The van der Waals surface area contributed by atoms with E-state index in [1.54, 1.807) is 35.3 Å². The number of aromatic nitrogens is 6. The van der Waals surface area contributed by atoms with Gasteiger partial charge in [0.05, 0.1) is 28.6 Å². The van der Waals surface area contributed by atoms with Gasteiger partial charge in [0.2, 0.25) is 18.2 Å². The second kappa shape index (κ2) is 27.6. The minimum atomic E-state index is -0.302. The number of rotatable bonds is 19. The SMILES string of the molecule is C#Cc1ccc([C@H](C)NC=O)c(O)c1.CC(C)(C)CC(=O)N1CCC(O)C1.Cc1cc(N(C)c2ccc(-c3cnn(CC4(C)CC5CCC(C4)C5C)c3C)c(C(=O)NSCCCCCC(N)=O)n2)nnc1Nc1nc2ccccc2s1. The number of aryl methyl sites for hydroxylation is 1. The van der Waals surface area contributed by atoms with Gasteiger partial charge in [-0.1, -0.05) is 88.4 Å². The maximum atomic E-state index is 13.9. The molecule has 432 valence electrons. The van der Waals surface area contributed by atoms with Crippen LogP contribution >= 0.6 is 23.3 Å². The lowest BCUT2D eigenvalue weighted by Gasteiger charge is -2.41. The van der Waals surface area contributed by atoms with Crippen molar-refractivity contribution in [1.29, 1.82) is 0 Å². The lowest BCUT2D eigenvalue weighted by atomic mass is 9.66. The number of pyridine rings is 1. The van der Waals surface area contributed by atoms with Gasteiger partial charge < -0.3 is 36.4 Å². The summed E-state index contributed by atoms with van der Waals surface area (Å²) >= 11 is 2.91. The zero-order valence-electron chi connectivity index (χ0n) is 48.3. The third kappa shape index (κ3) is 16.5. The quantitative estimate of drug-likeness (QED) is 0.0191. The highest BCUT2D eigenvalue weighted by Gasteiger charge is 2.46. The maximum absolute atomic E-state index is 13.9. The van der Waals surface area contributed by atoms with Gasteiger partial charge in [0.15, 0.2) is 16.8 Å². The number of anilines is 4. The van der Waals surface area contributed by atoms with E-state index in [2.05, 4.69) is 82.7 Å². The number of aliphatic hydroxyl groups is 1. The fourth-order valence-electron chi connectivity index (χ4n) is 11.1. The highest BCUT2D eigenvalue weighted by Crippen LogP contribution is 2.54. The van der Waals surface area contributed by atoms with Crippen LogP contribution in [0.15, 0.2) is 66.9 Å². The fraction of sp³-hybridized carbons (Fsp3) is 0.492. The number of unbranched alkanes of at least 4 members (excludes halogenated alkanes) is 2. The highest BCUT2D eigenvalue weighted by atomic mass is 32.2. The Hall–Kier alpha value is -7.08. The molecule has 0 spiro atoms. The molecular weight excluding hydrogens is 1060 g/mol. The van der Waals surface area contributed by atoms with Crippen molar-refractivity contribution in [3.05, 3.63) is 94.9 Å². The normalized spacial score (nSPS) is 19.5. The summed E-state index contributed by atoms with van der Waals surface area (Å²) in [7, 11) is 1.87. The summed E-state index contributed by atoms with van der Waals surface area (Å²) < 4.78 is 6.25. The Balaban J connectivity index is 0.000000285. The van der Waals surface area contributed by atoms with Crippen molar-refractivity contribution in [2.45, 2.75) is 138 Å². The first-order valence-electron chi connectivity index (χ1n) is 27.9. The van der Waals surface area contributed by atoms with Crippen molar-refractivity contribution < 1.29 is 29.4 Å². The van der Waals surface area contributed by atoms with Crippen molar-refractivity contribution in [2.75, 3.05) is 36.1 Å². The second-order valence-corrected chi connectivity index (χ2v) is 25.4. The van der Waals surface area contributed by atoms with Crippen molar-refractivity contribution in [1.82, 2.24) is 44.9 Å². The molecule has 4 amide bonds. The molecule has 1 saturated heterocycles. The number of aliphatic hydroxyl groups excluding tert-OH is 1. The molecule has 3 aliphatic rings. The maximum Gasteiger partial charge on any atom is 0.280 e. The summed E-state index contributed by atoms with van der Waals surface area (Å²) in [5, 5.41) is 39.3. The smallest absolute Gasteiger partial charge is 0.280 e. The number of β-amino-alcohol motifs (C(OH)–C–C–N with tert-alkyl or cyclic N) is 1. The second-order valence-electron chi connectivity index (χ2n) is 23.4. The van der Waals surface area contributed by atoms with Crippen molar-refractivity contribution in [3.63, 3.8) is 0 Å². The Morgan fingerprint density at radius 2 is 1.74 bits per heavy atom. The van der Waals surface area contributed by atoms with Gasteiger partial charge in [-0.15, -0.1) is 16.6 Å². The number of nitrogens with zero attached hydrogens (tertiary/aromatic N) is 8. The van der Waals surface area contributed by atoms with E-state index in [-0.39, 0.29) is 46.4 Å². The number of nitrogens with two attached hydrogens (primary N) is 1. The lowest BCUT2D eigenvalue weighted by molar-refractivity contribution is -0.132. The molecule has 3 fully saturated rings. The number of nitrogens with one attached hydrogen (secondary N) is 3.